The van der Waals surface area contributed by atoms with Crippen LogP contribution in [0, 0.1) is 5.92 Å². The van der Waals surface area contributed by atoms with Crippen LogP contribution in [0.3, 0.4) is 0 Å². The Labute approximate surface area is 136 Å². The molecule has 1 N–H and O–H groups in total. The number of carbonyl (C=O) groups excluding carboxylic acids is 1. The van der Waals surface area contributed by atoms with Crippen LogP contribution in [0.4, 0.5) is 0 Å². The number of hydrogen-bond donors (Lipinski definition) is 1. The zero-order valence-corrected chi connectivity index (χ0v) is 13.9. The van der Waals surface area contributed by atoms with Crippen molar-refractivity contribution in [3.05, 3.63) is 28.8 Å². The molecule has 0 fully saturated rings. The van der Waals surface area contributed by atoms with E-state index >= 15 is 0 Å². The van der Waals surface area contributed by atoms with E-state index in [1.165, 1.54) is 6.08 Å². The highest BCUT2D eigenvalue weighted by Crippen LogP contribution is 2.40. The van der Waals surface area contributed by atoms with Gasteiger partial charge in [0.25, 0.3) is 0 Å². The van der Waals surface area contributed by atoms with Gasteiger partial charge in [0.2, 0.25) is 12.7 Å². The highest BCUT2D eigenvalue weighted by molar-refractivity contribution is 6.32. The molecule has 5 heteroatoms. The van der Waals surface area contributed by atoms with E-state index in [-0.39, 0.29) is 18.7 Å². The van der Waals surface area contributed by atoms with Gasteiger partial charge in [-0.25, -0.2) is 0 Å². The molecule has 22 heavy (non-hydrogen) atoms. The van der Waals surface area contributed by atoms with Crippen LogP contribution in [0.25, 0.3) is 6.08 Å². The zero-order chi connectivity index (χ0) is 16.1. The molecular formula is C17H22ClNO3. The van der Waals surface area contributed by atoms with Gasteiger partial charge in [-0.15, -0.1) is 0 Å². The molecule has 4 nitrogen and oxygen atoms in total. The second-order valence-electron chi connectivity index (χ2n) is 5.95. The van der Waals surface area contributed by atoms with Crippen molar-refractivity contribution < 1.29 is 14.3 Å². The first-order chi connectivity index (χ1) is 10.5. The lowest BCUT2D eigenvalue weighted by molar-refractivity contribution is -0.117. The summed E-state index contributed by atoms with van der Waals surface area (Å²) in [6, 6.07) is 3.72. The lowest BCUT2D eigenvalue weighted by Crippen LogP contribution is -2.31. The third-order valence-electron chi connectivity index (χ3n) is 3.44. The van der Waals surface area contributed by atoms with E-state index in [9.17, 15) is 4.79 Å². The minimum absolute atomic E-state index is 0.106. The summed E-state index contributed by atoms with van der Waals surface area (Å²) in [5, 5.41) is 3.44. The molecule has 1 aromatic rings. The minimum atomic E-state index is -0.106. The lowest BCUT2D eigenvalue weighted by Gasteiger charge is -2.13. The maximum atomic E-state index is 11.9. The summed E-state index contributed by atoms with van der Waals surface area (Å²) in [5.74, 6) is 1.71. The van der Waals surface area contributed by atoms with Gasteiger partial charge in [0, 0.05) is 12.1 Å². The third-order valence-corrected chi connectivity index (χ3v) is 3.72. The smallest absolute Gasteiger partial charge is 0.244 e. The highest BCUT2D eigenvalue weighted by Gasteiger charge is 2.17. The van der Waals surface area contributed by atoms with Crippen LogP contribution in [0.5, 0.6) is 11.5 Å². The van der Waals surface area contributed by atoms with Gasteiger partial charge in [-0.3, -0.25) is 4.79 Å². The monoisotopic (exact) mass is 323 g/mol. The average Bonchev–Trinajstić information content (AvgIpc) is 2.92. The van der Waals surface area contributed by atoms with E-state index < -0.39 is 0 Å². The van der Waals surface area contributed by atoms with Gasteiger partial charge in [0.1, 0.15) is 0 Å². The molecule has 1 unspecified atom stereocenters. The normalized spacial score (nSPS) is 14.6. The number of fused-ring (bicyclic) bond motifs is 1. The summed E-state index contributed by atoms with van der Waals surface area (Å²) in [5.41, 5.74) is 0.805. The molecule has 2 rings (SSSR count). The van der Waals surface area contributed by atoms with Crippen molar-refractivity contribution in [3.8, 4) is 11.5 Å². The van der Waals surface area contributed by atoms with Crippen LogP contribution in [-0.2, 0) is 4.79 Å². The SMILES string of the molecule is CC(C)CCC(C)NC(=O)/C=C/c1cc(Cl)c2c(c1)OCO2. The average molecular weight is 324 g/mol. The van der Waals surface area contributed by atoms with Crippen molar-refractivity contribution in [3.63, 3.8) is 0 Å². The number of carbonyl (C=O) groups is 1. The molecule has 1 aliphatic heterocycles. The van der Waals surface area contributed by atoms with E-state index in [4.69, 9.17) is 21.1 Å². The maximum absolute atomic E-state index is 11.9. The Balaban J connectivity index is 1.91. The molecule has 0 saturated carbocycles. The van der Waals surface area contributed by atoms with E-state index in [0.29, 0.717) is 22.4 Å². The number of ether oxygens (including phenoxy) is 2. The van der Waals surface area contributed by atoms with Crippen molar-refractivity contribution in [2.24, 2.45) is 5.92 Å². The van der Waals surface area contributed by atoms with Crippen molar-refractivity contribution in [1.82, 2.24) is 5.32 Å². The summed E-state index contributed by atoms with van der Waals surface area (Å²) >= 11 is 6.11. The molecule has 1 aliphatic rings. The molecular weight excluding hydrogens is 302 g/mol. The van der Waals surface area contributed by atoms with Crippen LogP contribution >= 0.6 is 11.6 Å². The Morgan fingerprint density at radius 3 is 2.82 bits per heavy atom. The van der Waals surface area contributed by atoms with E-state index in [1.54, 1.807) is 18.2 Å². The van der Waals surface area contributed by atoms with Gasteiger partial charge in [-0.1, -0.05) is 25.4 Å². The molecule has 1 amide bonds. The first-order valence-electron chi connectivity index (χ1n) is 7.53. The number of nitrogens with one attached hydrogen (secondary N) is 1. The molecule has 1 heterocycles. The molecule has 0 aliphatic carbocycles. The van der Waals surface area contributed by atoms with Gasteiger partial charge in [0.05, 0.1) is 5.02 Å². The highest BCUT2D eigenvalue weighted by atomic mass is 35.5. The maximum Gasteiger partial charge on any atom is 0.244 e. The van der Waals surface area contributed by atoms with Gasteiger partial charge in [-0.2, -0.15) is 0 Å². The Hall–Kier alpha value is -1.68. The first-order valence-corrected chi connectivity index (χ1v) is 7.91. The summed E-state index contributed by atoms with van der Waals surface area (Å²) in [4.78, 5) is 11.9. The zero-order valence-electron chi connectivity index (χ0n) is 13.2. The summed E-state index contributed by atoms with van der Waals surface area (Å²) in [7, 11) is 0. The number of rotatable bonds is 6. The second-order valence-corrected chi connectivity index (χ2v) is 6.36. The van der Waals surface area contributed by atoms with Crippen LogP contribution in [-0.4, -0.2) is 18.7 Å². The number of amides is 1. The Kier molecular flexibility index (Phi) is 5.72. The number of halogens is 1. The quantitative estimate of drug-likeness (QED) is 0.804. The van der Waals surface area contributed by atoms with E-state index in [2.05, 4.69) is 19.2 Å². The van der Waals surface area contributed by atoms with E-state index in [1.807, 2.05) is 6.92 Å². The Bertz CT molecular complexity index is 569. The molecule has 0 aromatic heterocycles. The van der Waals surface area contributed by atoms with E-state index in [0.717, 1.165) is 18.4 Å². The first kappa shape index (κ1) is 16.7. The molecule has 0 saturated heterocycles. The van der Waals surface area contributed by atoms with Gasteiger partial charge < -0.3 is 14.8 Å². The van der Waals surface area contributed by atoms with Crippen LogP contribution < -0.4 is 14.8 Å². The van der Waals surface area contributed by atoms with Gasteiger partial charge in [0.15, 0.2) is 11.5 Å². The van der Waals surface area contributed by atoms with Gasteiger partial charge in [-0.05, 0) is 49.5 Å². The Morgan fingerprint density at radius 2 is 2.09 bits per heavy atom. The molecule has 1 aromatic carbocycles. The molecule has 120 valence electrons. The molecule has 0 spiro atoms. The van der Waals surface area contributed by atoms with Crippen molar-refractivity contribution in [2.75, 3.05) is 6.79 Å². The Morgan fingerprint density at radius 1 is 1.32 bits per heavy atom. The second kappa shape index (κ2) is 7.54. The van der Waals surface area contributed by atoms with Crippen LogP contribution in [0.15, 0.2) is 18.2 Å². The van der Waals surface area contributed by atoms with Crippen molar-refractivity contribution in [2.45, 2.75) is 39.7 Å². The fourth-order valence-electron chi connectivity index (χ4n) is 2.20. The predicted octanol–water partition coefficient (Wildman–Crippen LogP) is 4.02. The standard InChI is InChI=1S/C17H22ClNO3/c1-11(2)4-5-12(3)19-16(20)7-6-13-8-14(18)17-15(9-13)21-10-22-17/h6-9,11-12H,4-5,10H2,1-3H3,(H,19,20)/b7-6+. The summed E-state index contributed by atoms with van der Waals surface area (Å²) in [6.07, 6.45) is 5.31. The van der Waals surface area contributed by atoms with Crippen molar-refractivity contribution in [1.29, 1.82) is 0 Å². The minimum Gasteiger partial charge on any atom is -0.454 e. The predicted molar refractivity (Wildman–Crippen MR) is 88.3 cm³/mol. The molecule has 0 radical (unpaired) electrons. The molecule has 0 bridgehead atoms. The lowest BCUT2D eigenvalue weighted by atomic mass is 10.0. The van der Waals surface area contributed by atoms with Crippen LogP contribution in [0.2, 0.25) is 5.02 Å². The largest absolute Gasteiger partial charge is 0.454 e. The summed E-state index contributed by atoms with van der Waals surface area (Å²) in [6.45, 7) is 6.55. The number of hydrogen-bond acceptors (Lipinski definition) is 3. The summed E-state index contributed by atoms with van der Waals surface area (Å²) < 4.78 is 10.6. The molecule has 1 atom stereocenters. The topological polar surface area (TPSA) is 47.6 Å². The fourth-order valence-corrected chi connectivity index (χ4v) is 2.48. The van der Waals surface area contributed by atoms with Crippen molar-refractivity contribution >= 4 is 23.6 Å². The van der Waals surface area contributed by atoms with Gasteiger partial charge >= 0.3 is 0 Å². The van der Waals surface area contributed by atoms with Crippen LogP contribution in [0.1, 0.15) is 39.2 Å². The third kappa shape index (κ3) is 4.67. The fraction of sp³-hybridized carbons (Fsp3) is 0.471. The number of benzene rings is 1.